The molecular formula is C7H14S4. The minimum atomic E-state index is 0.748. The first kappa shape index (κ1) is 12.1. The molecule has 0 bridgehead atoms. The molecule has 1 atom stereocenters. The molecule has 0 N–H and O–H groups in total. The summed E-state index contributed by atoms with van der Waals surface area (Å²) in [5.41, 5.74) is 0. The Morgan fingerprint density at radius 2 is 2.18 bits per heavy atom. The minimum Gasteiger partial charge on any atom is -0.150 e. The Labute approximate surface area is 85.5 Å². The van der Waals surface area contributed by atoms with Crippen LogP contribution in [-0.2, 0) is 0 Å². The molecule has 66 valence electrons. The third kappa shape index (κ3) is 7.50. The first-order valence-corrected chi connectivity index (χ1v) is 8.37. The second kappa shape index (κ2) is 9.23. The van der Waals surface area contributed by atoms with Gasteiger partial charge in [-0.1, -0.05) is 34.6 Å². The third-order valence-corrected chi connectivity index (χ3v) is 7.07. The van der Waals surface area contributed by atoms with E-state index < -0.39 is 0 Å². The Morgan fingerprint density at radius 1 is 1.45 bits per heavy atom. The Hall–Kier alpha value is 1.14. The number of rotatable bonds is 6. The van der Waals surface area contributed by atoms with Crippen molar-refractivity contribution in [2.45, 2.75) is 24.9 Å². The third-order valence-electron chi connectivity index (χ3n) is 0.974. The molecular weight excluding hydrogens is 212 g/mol. The van der Waals surface area contributed by atoms with Crippen molar-refractivity contribution in [2.24, 2.45) is 0 Å². The first-order valence-electron chi connectivity index (χ1n) is 3.47. The second-order valence-corrected chi connectivity index (χ2v) is 7.29. The highest BCUT2D eigenvalue weighted by Crippen LogP contribution is 2.42. The zero-order chi connectivity index (χ0) is 8.53. The molecule has 0 nitrogen and oxygen atoms in total. The SMILES string of the molecule is C/C=C/SSSC(CC)SC. The molecule has 0 saturated heterocycles. The predicted molar refractivity (Wildman–Crippen MR) is 65.2 cm³/mol. The normalized spacial score (nSPS) is 14.1. The first-order chi connectivity index (χ1) is 5.35. The molecule has 0 aromatic heterocycles. The lowest BCUT2D eigenvalue weighted by atomic mass is 10.6. The summed E-state index contributed by atoms with van der Waals surface area (Å²) in [4.78, 5) is 0. The summed E-state index contributed by atoms with van der Waals surface area (Å²) < 4.78 is 0.748. The van der Waals surface area contributed by atoms with Gasteiger partial charge in [0.05, 0.1) is 4.58 Å². The summed E-state index contributed by atoms with van der Waals surface area (Å²) in [6, 6.07) is 0. The van der Waals surface area contributed by atoms with Gasteiger partial charge in [0.2, 0.25) is 0 Å². The molecule has 0 aliphatic carbocycles. The standard InChI is InChI=1S/C7H14S4/c1-4-6-9-11-10-7(5-2)8-3/h4,6-7H,5H2,1-3H3/b6-4+. The van der Waals surface area contributed by atoms with E-state index in [1.54, 1.807) is 10.8 Å². The van der Waals surface area contributed by atoms with Crippen LogP contribution in [0.2, 0.25) is 0 Å². The monoisotopic (exact) mass is 226 g/mol. The van der Waals surface area contributed by atoms with Crippen LogP contribution in [0.3, 0.4) is 0 Å². The molecule has 0 aromatic carbocycles. The molecule has 11 heavy (non-hydrogen) atoms. The van der Waals surface area contributed by atoms with Gasteiger partial charge in [0.1, 0.15) is 0 Å². The van der Waals surface area contributed by atoms with E-state index in [4.69, 9.17) is 0 Å². The zero-order valence-electron chi connectivity index (χ0n) is 7.07. The fourth-order valence-electron chi connectivity index (χ4n) is 0.419. The average Bonchev–Trinajstić information content (AvgIpc) is 2.05. The Balaban J connectivity index is 3.21. The Bertz CT molecular complexity index is 98.6. The maximum atomic E-state index is 2.23. The molecule has 0 rings (SSSR count). The van der Waals surface area contributed by atoms with Gasteiger partial charge in [0.15, 0.2) is 0 Å². The molecule has 0 aliphatic heterocycles. The van der Waals surface area contributed by atoms with Gasteiger partial charge in [-0.25, -0.2) is 0 Å². The van der Waals surface area contributed by atoms with Crippen molar-refractivity contribution < 1.29 is 0 Å². The lowest BCUT2D eigenvalue weighted by Crippen LogP contribution is -1.87. The highest BCUT2D eigenvalue weighted by molar-refractivity contribution is 9.10. The fourth-order valence-corrected chi connectivity index (χ4v) is 5.95. The molecule has 0 fully saturated rings. The van der Waals surface area contributed by atoms with Gasteiger partial charge < -0.3 is 0 Å². The van der Waals surface area contributed by atoms with Crippen molar-refractivity contribution in [1.29, 1.82) is 0 Å². The van der Waals surface area contributed by atoms with Crippen LogP contribution in [-0.4, -0.2) is 10.8 Å². The molecule has 0 amide bonds. The van der Waals surface area contributed by atoms with Crippen LogP contribution in [0.5, 0.6) is 0 Å². The fraction of sp³-hybridized carbons (Fsp3) is 0.714. The van der Waals surface area contributed by atoms with Gasteiger partial charge in [0, 0.05) is 0 Å². The van der Waals surface area contributed by atoms with Gasteiger partial charge in [-0.3, -0.25) is 0 Å². The molecule has 4 heteroatoms. The number of allylic oxidation sites excluding steroid dienone is 1. The van der Waals surface area contributed by atoms with Crippen molar-refractivity contribution in [3.63, 3.8) is 0 Å². The van der Waals surface area contributed by atoms with Crippen LogP contribution in [0.1, 0.15) is 20.3 Å². The molecule has 0 aromatic rings. The number of hydrogen-bond donors (Lipinski definition) is 0. The van der Waals surface area contributed by atoms with Crippen LogP contribution in [0.15, 0.2) is 11.5 Å². The average molecular weight is 226 g/mol. The Morgan fingerprint density at radius 3 is 2.64 bits per heavy atom. The van der Waals surface area contributed by atoms with E-state index in [-0.39, 0.29) is 0 Å². The van der Waals surface area contributed by atoms with Gasteiger partial charge in [0.25, 0.3) is 0 Å². The highest BCUT2D eigenvalue weighted by atomic mass is 33.5. The largest absolute Gasteiger partial charge is 0.150 e. The molecule has 0 spiro atoms. The van der Waals surface area contributed by atoms with Gasteiger partial charge in [-0.2, -0.15) is 11.8 Å². The quantitative estimate of drug-likeness (QED) is 0.367. The van der Waals surface area contributed by atoms with Gasteiger partial charge in [-0.15, -0.1) is 0 Å². The zero-order valence-corrected chi connectivity index (χ0v) is 10.3. The van der Waals surface area contributed by atoms with Crippen LogP contribution in [0.25, 0.3) is 0 Å². The second-order valence-electron chi connectivity index (χ2n) is 1.80. The van der Waals surface area contributed by atoms with Crippen LogP contribution in [0, 0.1) is 0 Å². The summed E-state index contributed by atoms with van der Waals surface area (Å²) >= 11 is 1.93. The van der Waals surface area contributed by atoms with Crippen molar-refractivity contribution in [3.8, 4) is 0 Å². The number of hydrogen-bond acceptors (Lipinski definition) is 4. The van der Waals surface area contributed by atoms with E-state index in [9.17, 15) is 0 Å². The van der Waals surface area contributed by atoms with Crippen LogP contribution >= 0.6 is 43.2 Å². The smallest absolute Gasteiger partial charge is 0.0609 e. The van der Waals surface area contributed by atoms with Crippen molar-refractivity contribution in [2.75, 3.05) is 6.26 Å². The molecule has 0 saturated carbocycles. The predicted octanol–water partition coefficient (Wildman–Crippen LogP) is 4.65. The molecule has 0 heterocycles. The van der Waals surface area contributed by atoms with Gasteiger partial charge >= 0.3 is 0 Å². The highest BCUT2D eigenvalue weighted by Gasteiger charge is 2.03. The van der Waals surface area contributed by atoms with Crippen LogP contribution in [0.4, 0.5) is 0 Å². The van der Waals surface area contributed by atoms with E-state index in [2.05, 4.69) is 24.7 Å². The van der Waals surface area contributed by atoms with Crippen molar-refractivity contribution >= 4 is 43.2 Å². The summed E-state index contributed by atoms with van der Waals surface area (Å²) in [7, 11) is 5.61. The van der Waals surface area contributed by atoms with Gasteiger partial charge in [-0.05, 0) is 34.8 Å². The van der Waals surface area contributed by atoms with Crippen LogP contribution < -0.4 is 0 Å². The lowest BCUT2D eigenvalue weighted by Gasteiger charge is -2.07. The molecule has 0 radical (unpaired) electrons. The summed E-state index contributed by atoms with van der Waals surface area (Å²) in [5, 5.41) is 2.12. The van der Waals surface area contributed by atoms with E-state index in [0.717, 1.165) is 4.58 Å². The Kier molecular flexibility index (Phi) is 10.2. The summed E-state index contributed by atoms with van der Waals surface area (Å²) in [5.74, 6) is 0. The molecule has 0 aliphatic rings. The molecule has 1 unspecified atom stereocenters. The summed E-state index contributed by atoms with van der Waals surface area (Å²) in [6.45, 7) is 4.28. The maximum absolute atomic E-state index is 2.23. The van der Waals surface area contributed by atoms with Crippen molar-refractivity contribution in [1.82, 2.24) is 0 Å². The van der Waals surface area contributed by atoms with E-state index in [0.29, 0.717) is 0 Å². The summed E-state index contributed by atoms with van der Waals surface area (Å²) in [6.07, 6.45) is 5.48. The van der Waals surface area contributed by atoms with E-state index >= 15 is 0 Å². The minimum absolute atomic E-state index is 0.748. The number of thioether (sulfide) groups is 1. The topological polar surface area (TPSA) is 0 Å². The maximum Gasteiger partial charge on any atom is 0.0609 e. The van der Waals surface area contributed by atoms with E-state index in [1.807, 2.05) is 39.3 Å². The van der Waals surface area contributed by atoms with Crippen molar-refractivity contribution in [3.05, 3.63) is 11.5 Å². The lowest BCUT2D eigenvalue weighted by molar-refractivity contribution is 1.06. The van der Waals surface area contributed by atoms with E-state index in [1.165, 1.54) is 6.42 Å².